The molecule has 2 rings (SSSR count). The van der Waals surface area contributed by atoms with E-state index in [1.165, 1.54) is 7.11 Å². The van der Waals surface area contributed by atoms with Crippen molar-refractivity contribution in [2.75, 3.05) is 44.7 Å². The number of rotatable bonds is 6. The van der Waals surface area contributed by atoms with E-state index in [9.17, 15) is 9.59 Å². The summed E-state index contributed by atoms with van der Waals surface area (Å²) in [5.41, 5.74) is 1.86. The molecule has 0 bridgehead atoms. The Hall–Kier alpha value is -2.15. The SMILES string of the molecule is COC(=O)CCCNC(=S)N1CCN(c2ccc(C(C)=O)cc2)CC1. The van der Waals surface area contributed by atoms with Gasteiger partial charge in [-0.05, 0) is 49.8 Å². The number of hydrogen-bond acceptors (Lipinski definition) is 5. The summed E-state index contributed by atoms with van der Waals surface area (Å²) >= 11 is 5.43. The lowest BCUT2D eigenvalue weighted by Gasteiger charge is -2.37. The van der Waals surface area contributed by atoms with Crippen molar-refractivity contribution in [2.24, 2.45) is 0 Å². The Morgan fingerprint density at radius 3 is 2.36 bits per heavy atom. The van der Waals surface area contributed by atoms with E-state index in [0.29, 0.717) is 19.4 Å². The number of anilines is 1. The first kappa shape index (κ1) is 19.2. The first-order valence-electron chi connectivity index (χ1n) is 8.47. The topological polar surface area (TPSA) is 61.9 Å². The maximum Gasteiger partial charge on any atom is 0.305 e. The number of benzene rings is 1. The van der Waals surface area contributed by atoms with Gasteiger partial charge in [0, 0.05) is 50.4 Å². The zero-order valence-corrected chi connectivity index (χ0v) is 15.6. The fourth-order valence-electron chi connectivity index (χ4n) is 2.72. The number of Topliss-reactive ketones (excluding diaryl/α,β-unsaturated/α-hetero) is 1. The van der Waals surface area contributed by atoms with Gasteiger partial charge in [0.1, 0.15) is 0 Å². The van der Waals surface area contributed by atoms with Crippen LogP contribution in [0.15, 0.2) is 24.3 Å². The molecule has 1 aliphatic rings. The summed E-state index contributed by atoms with van der Waals surface area (Å²) in [6, 6.07) is 7.74. The molecule has 0 radical (unpaired) electrons. The zero-order chi connectivity index (χ0) is 18.2. The van der Waals surface area contributed by atoms with Gasteiger partial charge in [-0.25, -0.2) is 0 Å². The lowest BCUT2D eigenvalue weighted by atomic mass is 10.1. The molecule has 0 atom stereocenters. The molecule has 6 nitrogen and oxygen atoms in total. The molecule has 0 spiro atoms. The molecule has 0 amide bonds. The molecule has 0 aromatic heterocycles. The molecule has 0 aliphatic carbocycles. The highest BCUT2D eigenvalue weighted by Crippen LogP contribution is 2.17. The summed E-state index contributed by atoms with van der Waals surface area (Å²) in [5, 5.41) is 3.93. The number of hydrogen-bond donors (Lipinski definition) is 1. The van der Waals surface area contributed by atoms with Crippen LogP contribution in [0.4, 0.5) is 5.69 Å². The highest BCUT2D eigenvalue weighted by molar-refractivity contribution is 7.80. The third-order valence-corrected chi connectivity index (χ3v) is 4.67. The van der Waals surface area contributed by atoms with Crippen LogP contribution in [-0.2, 0) is 9.53 Å². The Morgan fingerprint density at radius 1 is 1.16 bits per heavy atom. The third-order valence-electron chi connectivity index (χ3n) is 4.27. The Labute approximate surface area is 154 Å². The average Bonchev–Trinajstić information content (AvgIpc) is 2.65. The predicted octanol–water partition coefficient (Wildman–Crippen LogP) is 1.84. The van der Waals surface area contributed by atoms with Crippen LogP contribution < -0.4 is 10.2 Å². The molecule has 1 heterocycles. The summed E-state index contributed by atoms with van der Waals surface area (Å²) in [5.74, 6) is -0.114. The van der Waals surface area contributed by atoms with Crippen LogP contribution in [0.5, 0.6) is 0 Å². The van der Waals surface area contributed by atoms with Crippen molar-refractivity contribution < 1.29 is 14.3 Å². The first-order valence-corrected chi connectivity index (χ1v) is 8.87. The van der Waals surface area contributed by atoms with Crippen LogP contribution in [-0.4, -0.2) is 61.6 Å². The number of esters is 1. The summed E-state index contributed by atoms with van der Waals surface area (Å²) in [6.45, 7) is 5.69. The van der Waals surface area contributed by atoms with Crippen molar-refractivity contribution in [2.45, 2.75) is 19.8 Å². The number of nitrogens with one attached hydrogen (secondary N) is 1. The van der Waals surface area contributed by atoms with Gasteiger partial charge in [0.2, 0.25) is 0 Å². The van der Waals surface area contributed by atoms with E-state index >= 15 is 0 Å². The van der Waals surface area contributed by atoms with E-state index in [1.807, 2.05) is 24.3 Å². The van der Waals surface area contributed by atoms with E-state index in [-0.39, 0.29) is 11.8 Å². The van der Waals surface area contributed by atoms with E-state index in [0.717, 1.165) is 42.5 Å². The lowest BCUT2D eigenvalue weighted by Crippen LogP contribution is -2.51. The quantitative estimate of drug-likeness (QED) is 0.358. The zero-order valence-electron chi connectivity index (χ0n) is 14.8. The maximum atomic E-state index is 11.3. The Balaban J connectivity index is 1.74. The van der Waals surface area contributed by atoms with Crippen LogP contribution in [0, 0.1) is 0 Å². The van der Waals surface area contributed by atoms with E-state index in [2.05, 4.69) is 19.9 Å². The van der Waals surface area contributed by atoms with Crippen molar-refractivity contribution >= 4 is 34.8 Å². The average molecular weight is 363 g/mol. The molecule has 1 fully saturated rings. The number of ether oxygens (including phenoxy) is 1. The number of ketones is 1. The first-order chi connectivity index (χ1) is 12.0. The monoisotopic (exact) mass is 363 g/mol. The molecule has 1 N–H and O–H groups in total. The van der Waals surface area contributed by atoms with Crippen LogP contribution in [0.2, 0.25) is 0 Å². The molecule has 136 valence electrons. The molecular weight excluding hydrogens is 338 g/mol. The summed E-state index contributed by atoms with van der Waals surface area (Å²) < 4.78 is 4.61. The lowest BCUT2D eigenvalue weighted by molar-refractivity contribution is -0.140. The second-order valence-electron chi connectivity index (χ2n) is 5.99. The minimum absolute atomic E-state index is 0.0833. The standard InChI is InChI=1S/C18H25N3O3S/c1-14(22)15-5-7-16(8-6-15)20-10-12-21(13-11-20)18(25)19-9-3-4-17(23)24-2/h5-8H,3-4,9-13H2,1-2H3,(H,19,25). The Kier molecular flexibility index (Phi) is 7.18. The molecule has 0 saturated carbocycles. The number of carbonyl (C=O) groups excluding carboxylic acids is 2. The normalized spacial score (nSPS) is 14.2. The van der Waals surface area contributed by atoms with Crippen LogP contribution >= 0.6 is 12.2 Å². The van der Waals surface area contributed by atoms with Gasteiger partial charge in [0.05, 0.1) is 7.11 Å². The largest absolute Gasteiger partial charge is 0.469 e. The number of carbonyl (C=O) groups is 2. The predicted molar refractivity (Wildman–Crippen MR) is 102 cm³/mol. The maximum absolute atomic E-state index is 11.3. The second-order valence-corrected chi connectivity index (χ2v) is 6.38. The molecule has 7 heteroatoms. The molecule has 1 aliphatic heterocycles. The molecule has 0 unspecified atom stereocenters. The fraction of sp³-hybridized carbons (Fsp3) is 0.500. The van der Waals surface area contributed by atoms with Crippen molar-refractivity contribution in [3.05, 3.63) is 29.8 Å². The van der Waals surface area contributed by atoms with Crippen LogP contribution in [0.1, 0.15) is 30.1 Å². The van der Waals surface area contributed by atoms with E-state index in [1.54, 1.807) is 6.92 Å². The minimum atomic E-state index is -0.197. The van der Waals surface area contributed by atoms with Gasteiger partial charge in [-0.15, -0.1) is 0 Å². The number of methoxy groups -OCH3 is 1. The van der Waals surface area contributed by atoms with E-state index in [4.69, 9.17) is 12.2 Å². The minimum Gasteiger partial charge on any atom is -0.469 e. The number of thiocarbonyl (C=S) groups is 1. The highest BCUT2D eigenvalue weighted by atomic mass is 32.1. The Bertz CT molecular complexity index is 610. The molecular formula is C18H25N3O3S. The van der Waals surface area contributed by atoms with Gasteiger partial charge in [0.25, 0.3) is 0 Å². The van der Waals surface area contributed by atoms with Gasteiger partial charge in [-0.3, -0.25) is 9.59 Å². The number of nitrogens with zero attached hydrogens (tertiary/aromatic N) is 2. The summed E-state index contributed by atoms with van der Waals surface area (Å²) in [6.07, 6.45) is 1.10. The Morgan fingerprint density at radius 2 is 1.80 bits per heavy atom. The molecule has 1 saturated heterocycles. The number of piperazine rings is 1. The summed E-state index contributed by atoms with van der Waals surface area (Å²) in [4.78, 5) is 26.9. The third kappa shape index (κ3) is 5.70. The van der Waals surface area contributed by atoms with Crippen molar-refractivity contribution in [3.63, 3.8) is 0 Å². The smallest absolute Gasteiger partial charge is 0.305 e. The van der Waals surface area contributed by atoms with Crippen molar-refractivity contribution in [3.8, 4) is 0 Å². The van der Waals surface area contributed by atoms with Gasteiger partial charge in [-0.2, -0.15) is 0 Å². The van der Waals surface area contributed by atoms with Gasteiger partial charge in [0.15, 0.2) is 10.9 Å². The van der Waals surface area contributed by atoms with Crippen molar-refractivity contribution in [1.29, 1.82) is 0 Å². The molecule has 1 aromatic carbocycles. The molecule has 1 aromatic rings. The van der Waals surface area contributed by atoms with Gasteiger partial charge < -0.3 is 19.9 Å². The summed E-state index contributed by atoms with van der Waals surface area (Å²) in [7, 11) is 1.40. The second kappa shape index (κ2) is 9.36. The highest BCUT2D eigenvalue weighted by Gasteiger charge is 2.19. The van der Waals surface area contributed by atoms with E-state index < -0.39 is 0 Å². The molecule has 25 heavy (non-hydrogen) atoms. The van der Waals surface area contributed by atoms with Crippen LogP contribution in [0.25, 0.3) is 0 Å². The van der Waals surface area contributed by atoms with Crippen LogP contribution in [0.3, 0.4) is 0 Å². The van der Waals surface area contributed by atoms with Gasteiger partial charge >= 0.3 is 5.97 Å². The fourth-order valence-corrected chi connectivity index (χ4v) is 3.00. The van der Waals surface area contributed by atoms with Gasteiger partial charge in [-0.1, -0.05) is 0 Å². The van der Waals surface area contributed by atoms with Crippen molar-refractivity contribution in [1.82, 2.24) is 10.2 Å².